The van der Waals surface area contributed by atoms with Crippen molar-refractivity contribution in [3.63, 3.8) is 0 Å². The predicted octanol–water partition coefficient (Wildman–Crippen LogP) is 0.966. The number of carboxylic acid groups (broad SMARTS) is 1. The molecule has 1 aliphatic heterocycles. The van der Waals surface area contributed by atoms with Gasteiger partial charge in [-0.1, -0.05) is 6.92 Å². The first kappa shape index (κ1) is 10.5. The molecular weight excluding hydrogens is 194 g/mol. The molecule has 1 saturated carbocycles. The number of carbonyl (C=O) groups excluding carboxylic acids is 1. The van der Waals surface area contributed by atoms with Gasteiger partial charge in [0, 0.05) is 19.0 Å². The Morgan fingerprint density at radius 2 is 1.93 bits per heavy atom. The molecule has 1 aliphatic carbocycles. The smallest absolute Gasteiger partial charge is 0.306 e. The highest BCUT2D eigenvalue weighted by molar-refractivity contribution is 5.81. The van der Waals surface area contributed by atoms with E-state index in [1.54, 1.807) is 0 Å². The van der Waals surface area contributed by atoms with Gasteiger partial charge in [-0.3, -0.25) is 9.59 Å². The molecule has 1 saturated heterocycles. The number of hydrogen-bond acceptors (Lipinski definition) is 2. The van der Waals surface area contributed by atoms with Crippen molar-refractivity contribution in [2.24, 2.45) is 17.8 Å². The summed E-state index contributed by atoms with van der Waals surface area (Å²) >= 11 is 0. The summed E-state index contributed by atoms with van der Waals surface area (Å²) < 4.78 is 0. The molecule has 2 unspecified atom stereocenters. The number of rotatable bonds is 2. The van der Waals surface area contributed by atoms with Crippen molar-refractivity contribution < 1.29 is 14.7 Å². The number of carboxylic acids is 1. The molecule has 4 nitrogen and oxygen atoms in total. The Kier molecular flexibility index (Phi) is 2.67. The third-order valence-corrected chi connectivity index (χ3v) is 3.46. The summed E-state index contributed by atoms with van der Waals surface area (Å²) in [4.78, 5) is 24.5. The fourth-order valence-corrected chi connectivity index (χ4v) is 2.30. The molecule has 15 heavy (non-hydrogen) atoms. The fourth-order valence-electron chi connectivity index (χ4n) is 2.30. The molecule has 0 aromatic heterocycles. The zero-order valence-electron chi connectivity index (χ0n) is 8.98. The molecule has 2 aliphatic rings. The average molecular weight is 211 g/mol. The molecule has 0 spiro atoms. The van der Waals surface area contributed by atoms with Gasteiger partial charge >= 0.3 is 5.97 Å². The second kappa shape index (κ2) is 3.83. The fraction of sp³-hybridized carbons (Fsp3) is 0.818. The van der Waals surface area contributed by atoms with E-state index in [1.807, 2.05) is 11.8 Å². The molecule has 0 aromatic carbocycles. The predicted molar refractivity (Wildman–Crippen MR) is 54.2 cm³/mol. The second-order valence-corrected chi connectivity index (χ2v) is 4.77. The van der Waals surface area contributed by atoms with Gasteiger partial charge in [-0.25, -0.2) is 0 Å². The second-order valence-electron chi connectivity index (χ2n) is 4.77. The lowest BCUT2D eigenvalue weighted by atomic mass is 9.87. The zero-order chi connectivity index (χ0) is 11.0. The van der Waals surface area contributed by atoms with Crippen LogP contribution in [-0.4, -0.2) is 35.0 Å². The molecule has 4 heteroatoms. The number of amides is 1. The number of piperidine rings is 1. The summed E-state index contributed by atoms with van der Waals surface area (Å²) in [5, 5.41) is 8.95. The molecule has 1 N–H and O–H groups in total. The molecule has 2 rings (SSSR count). The molecule has 1 heterocycles. The van der Waals surface area contributed by atoms with Crippen LogP contribution in [0.3, 0.4) is 0 Å². The lowest BCUT2D eigenvalue weighted by molar-refractivity contribution is -0.148. The van der Waals surface area contributed by atoms with Crippen molar-refractivity contribution in [3.8, 4) is 0 Å². The zero-order valence-corrected chi connectivity index (χ0v) is 8.98. The van der Waals surface area contributed by atoms with Crippen LogP contribution in [0.25, 0.3) is 0 Å². The van der Waals surface area contributed by atoms with Crippen molar-refractivity contribution >= 4 is 11.9 Å². The molecule has 2 fully saturated rings. The van der Waals surface area contributed by atoms with Crippen LogP contribution in [0.5, 0.6) is 0 Å². The maximum Gasteiger partial charge on any atom is 0.306 e. The summed E-state index contributed by atoms with van der Waals surface area (Å²) in [5.74, 6) is -0.419. The summed E-state index contributed by atoms with van der Waals surface area (Å²) in [6.45, 7) is 3.16. The van der Waals surface area contributed by atoms with Gasteiger partial charge in [-0.05, 0) is 25.2 Å². The topological polar surface area (TPSA) is 57.6 Å². The van der Waals surface area contributed by atoms with E-state index in [1.165, 1.54) is 0 Å². The van der Waals surface area contributed by atoms with E-state index in [-0.39, 0.29) is 23.7 Å². The Bertz CT molecular complexity index is 286. The van der Waals surface area contributed by atoms with E-state index >= 15 is 0 Å². The highest BCUT2D eigenvalue weighted by Gasteiger charge is 2.38. The van der Waals surface area contributed by atoms with Crippen LogP contribution in [0.4, 0.5) is 0 Å². The first-order valence-electron chi connectivity index (χ1n) is 5.61. The molecule has 0 radical (unpaired) electrons. The van der Waals surface area contributed by atoms with Crippen LogP contribution >= 0.6 is 0 Å². The average Bonchev–Trinajstić information content (AvgIpc) is 2.99. The monoisotopic (exact) mass is 211 g/mol. The number of nitrogens with zero attached hydrogens (tertiary/aromatic N) is 1. The third kappa shape index (κ3) is 2.13. The minimum Gasteiger partial charge on any atom is -0.481 e. The van der Waals surface area contributed by atoms with Gasteiger partial charge < -0.3 is 10.0 Å². The summed E-state index contributed by atoms with van der Waals surface area (Å²) in [6.07, 6.45) is 2.65. The van der Waals surface area contributed by atoms with E-state index in [9.17, 15) is 9.59 Å². The number of carbonyl (C=O) groups is 2. The van der Waals surface area contributed by atoms with Gasteiger partial charge in [0.2, 0.25) is 5.91 Å². The quantitative estimate of drug-likeness (QED) is 0.740. The number of aliphatic carboxylic acids is 1. The van der Waals surface area contributed by atoms with Crippen LogP contribution in [0.2, 0.25) is 0 Å². The van der Waals surface area contributed by atoms with Crippen molar-refractivity contribution in [2.45, 2.75) is 26.2 Å². The molecule has 84 valence electrons. The Morgan fingerprint density at radius 3 is 2.40 bits per heavy atom. The SMILES string of the molecule is CC1CN(C(=O)C2CC2)CCC1C(=O)O. The highest BCUT2D eigenvalue weighted by atomic mass is 16.4. The van der Waals surface area contributed by atoms with Crippen LogP contribution in [0, 0.1) is 17.8 Å². The highest BCUT2D eigenvalue weighted by Crippen LogP contribution is 2.33. The Hall–Kier alpha value is -1.06. The lowest BCUT2D eigenvalue weighted by Crippen LogP contribution is -2.45. The van der Waals surface area contributed by atoms with E-state index in [2.05, 4.69) is 0 Å². The Labute approximate surface area is 89.3 Å². The van der Waals surface area contributed by atoms with E-state index in [4.69, 9.17) is 5.11 Å². The van der Waals surface area contributed by atoms with Gasteiger partial charge in [0.15, 0.2) is 0 Å². The van der Waals surface area contributed by atoms with Crippen LogP contribution in [0.15, 0.2) is 0 Å². The normalized spacial score (nSPS) is 31.4. The van der Waals surface area contributed by atoms with Crippen molar-refractivity contribution in [2.75, 3.05) is 13.1 Å². The van der Waals surface area contributed by atoms with Gasteiger partial charge in [0.25, 0.3) is 0 Å². The maximum absolute atomic E-state index is 11.8. The van der Waals surface area contributed by atoms with Gasteiger partial charge in [-0.15, -0.1) is 0 Å². The van der Waals surface area contributed by atoms with Gasteiger partial charge in [0.05, 0.1) is 5.92 Å². The van der Waals surface area contributed by atoms with E-state index in [0.29, 0.717) is 19.5 Å². The van der Waals surface area contributed by atoms with Crippen molar-refractivity contribution in [3.05, 3.63) is 0 Å². The summed E-state index contributed by atoms with van der Waals surface area (Å²) in [7, 11) is 0. The molecule has 2 atom stereocenters. The van der Waals surface area contributed by atoms with Gasteiger partial charge in [-0.2, -0.15) is 0 Å². The number of likely N-dealkylation sites (tertiary alicyclic amines) is 1. The van der Waals surface area contributed by atoms with Gasteiger partial charge in [0.1, 0.15) is 0 Å². The minimum atomic E-state index is -0.721. The first-order chi connectivity index (χ1) is 7.09. The van der Waals surface area contributed by atoms with Crippen LogP contribution in [0.1, 0.15) is 26.2 Å². The van der Waals surface area contributed by atoms with Crippen LogP contribution < -0.4 is 0 Å². The lowest BCUT2D eigenvalue weighted by Gasteiger charge is -2.35. The van der Waals surface area contributed by atoms with Crippen molar-refractivity contribution in [1.29, 1.82) is 0 Å². The summed E-state index contributed by atoms with van der Waals surface area (Å²) in [5.41, 5.74) is 0. The standard InChI is InChI=1S/C11H17NO3/c1-7-6-12(10(13)8-2-3-8)5-4-9(7)11(14)15/h7-9H,2-6H2,1H3,(H,14,15). The molecule has 0 aromatic rings. The third-order valence-electron chi connectivity index (χ3n) is 3.46. The number of hydrogen-bond donors (Lipinski definition) is 1. The minimum absolute atomic E-state index is 0.0824. The maximum atomic E-state index is 11.8. The summed E-state index contributed by atoms with van der Waals surface area (Å²) in [6, 6.07) is 0. The van der Waals surface area contributed by atoms with E-state index in [0.717, 1.165) is 12.8 Å². The Balaban J connectivity index is 1.92. The first-order valence-corrected chi connectivity index (χ1v) is 5.61. The van der Waals surface area contributed by atoms with Crippen LogP contribution in [-0.2, 0) is 9.59 Å². The van der Waals surface area contributed by atoms with Crippen molar-refractivity contribution in [1.82, 2.24) is 4.90 Å². The molecular formula is C11H17NO3. The Morgan fingerprint density at radius 1 is 1.27 bits per heavy atom. The largest absolute Gasteiger partial charge is 0.481 e. The molecule has 1 amide bonds. The van der Waals surface area contributed by atoms with E-state index < -0.39 is 5.97 Å². The molecule has 0 bridgehead atoms.